The number of carbonyl (C=O) groups is 1. The number of nitrogens with one attached hydrogen (secondary N) is 2. The first-order chi connectivity index (χ1) is 13.0. The highest BCUT2D eigenvalue weighted by atomic mass is 32.2. The summed E-state index contributed by atoms with van der Waals surface area (Å²) in [6.07, 6.45) is 0. The maximum atomic E-state index is 12.3. The zero-order valence-corrected chi connectivity index (χ0v) is 16.7. The first-order valence-electron chi connectivity index (χ1n) is 8.27. The average molecular weight is 406 g/mol. The van der Waals surface area contributed by atoms with Gasteiger partial charge < -0.3 is 15.0 Å². The van der Waals surface area contributed by atoms with E-state index in [0.29, 0.717) is 34.0 Å². The van der Waals surface area contributed by atoms with Crippen LogP contribution in [0.2, 0.25) is 0 Å². The van der Waals surface area contributed by atoms with Crippen LogP contribution in [0, 0.1) is 5.92 Å². The Bertz CT molecular complexity index is 1020. The third-order valence-electron chi connectivity index (χ3n) is 3.58. The van der Waals surface area contributed by atoms with Crippen molar-refractivity contribution in [3.63, 3.8) is 0 Å². The number of rotatable bonds is 7. The molecule has 3 aromatic rings. The fourth-order valence-electron chi connectivity index (χ4n) is 2.26. The van der Waals surface area contributed by atoms with Gasteiger partial charge in [-0.15, -0.1) is 10.2 Å². The number of ether oxygens (including phenoxy) is 1. The van der Waals surface area contributed by atoms with Gasteiger partial charge in [0.1, 0.15) is 5.82 Å². The number of hydrogen-bond donors (Lipinski definition) is 2. The zero-order valence-electron chi connectivity index (χ0n) is 15.1. The molecule has 0 saturated heterocycles. The van der Waals surface area contributed by atoms with Gasteiger partial charge in [0.25, 0.3) is 5.56 Å². The van der Waals surface area contributed by atoms with E-state index in [0.717, 1.165) is 16.0 Å². The number of anilines is 1. The maximum absolute atomic E-state index is 12.3. The van der Waals surface area contributed by atoms with Crippen LogP contribution < -0.4 is 10.9 Å². The summed E-state index contributed by atoms with van der Waals surface area (Å²) in [4.78, 5) is 31.2. The second-order valence-corrected chi connectivity index (χ2v) is 8.37. The molecule has 8 nitrogen and oxygen atoms in total. The lowest BCUT2D eigenvalue weighted by atomic mass is 10.1. The highest BCUT2D eigenvalue weighted by molar-refractivity contribution is 8.00. The minimum Gasteiger partial charge on any atom is -0.465 e. The summed E-state index contributed by atoms with van der Waals surface area (Å²) >= 11 is 2.90. The molecule has 1 aromatic carbocycles. The van der Waals surface area contributed by atoms with E-state index in [1.807, 2.05) is 0 Å². The van der Waals surface area contributed by atoms with Gasteiger partial charge in [0.15, 0.2) is 4.34 Å². The van der Waals surface area contributed by atoms with Gasteiger partial charge in [0, 0.05) is 6.54 Å². The number of thioether (sulfide) groups is 1. The summed E-state index contributed by atoms with van der Waals surface area (Å²) in [5.41, 5.74) is 0.559. The number of nitrogens with zero attached hydrogens (tertiary/aromatic N) is 3. The second-order valence-electron chi connectivity index (χ2n) is 6.17. The molecule has 27 heavy (non-hydrogen) atoms. The quantitative estimate of drug-likeness (QED) is 0.456. The third-order valence-corrected chi connectivity index (χ3v) is 5.60. The smallest absolute Gasteiger partial charge is 0.337 e. The number of esters is 1. The minimum atomic E-state index is -0.467. The van der Waals surface area contributed by atoms with Crippen LogP contribution in [0.15, 0.2) is 27.3 Å². The summed E-state index contributed by atoms with van der Waals surface area (Å²) in [5, 5.41) is 12.7. The molecule has 0 aliphatic rings. The SMILES string of the molecule is COC(=O)c1ccc2c(=O)[nH]c(CSc3nnc(NCC(C)C)s3)nc2c1. The lowest BCUT2D eigenvalue weighted by molar-refractivity contribution is 0.0601. The van der Waals surface area contributed by atoms with Gasteiger partial charge in [0.2, 0.25) is 5.13 Å². The molecular formula is C17H19N5O3S2. The molecule has 0 spiro atoms. The van der Waals surface area contributed by atoms with Crippen LogP contribution in [0.25, 0.3) is 10.9 Å². The first kappa shape index (κ1) is 19.3. The molecule has 0 atom stereocenters. The molecule has 0 radical (unpaired) electrons. The predicted molar refractivity (Wildman–Crippen MR) is 107 cm³/mol. The molecule has 0 fully saturated rings. The Morgan fingerprint density at radius 1 is 1.37 bits per heavy atom. The monoisotopic (exact) mass is 405 g/mol. The van der Waals surface area contributed by atoms with Gasteiger partial charge >= 0.3 is 5.97 Å². The second kappa shape index (κ2) is 8.49. The van der Waals surface area contributed by atoms with Gasteiger partial charge in [-0.1, -0.05) is 36.9 Å². The fraction of sp³-hybridized carbons (Fsp3) is 0.353. The number of carbonyl (C=O) groups excluding carboxylic acids is 1. The Labute approximate surface area is 163 Å². The van der Waals surface area contributed by atoms with Crippen LogP contribution in [0.4, 0.5) is 5.13 Å². The zero-order chi connectivity index (χ0) is 19.4. The van der Waals surface area contributed by atoms with E-state index in [1.165, 1.54) is 30.2 Å². The van der Waals surface area contributed by atoms with Crippen LogP contribution >= 0.6 is 23.1 Å². The summed E-state index contributed by atoms with van der Waals surface area (Å²) in [6, 6.07) is 4.68. The maximum Gasteiger partial charge on any atom is 0.337 e. The van der Waals surface area contributed by atoms with E-state index >= 15 is 0 Å². The standard InChI is InChI=1S/C17H19N5O3S2/c1-9(2)7-18-16-21-22-17(27-16)26-8-13-19-12-6-10(15(24)25-3)4-5-11(12)14(23)20-13/h4-6,9H,7-8H2,1-3H3,(H,18,21)(H,19,20,23). The van der Waals surface area contributed by atoms with Gasteiger partial charge in [-0.3, -0.25) is 4.79 Å². The van der Waals surface area contributed by atoms with Crippen LogP contribution in [-0.4, -0.2) is 39.8 Å². The van der Waals surface area contributed by atoms with Crippen molar-refractivity contribution < 1.29 is 9.53 Å². The average Bonchev–Trinajstić information content (AvgIpc) is 3.11. The van der Waals surface area contributed by atoms with Crippen molar-refractivity contribution in [2.45, 2.75) is 23.9 Å². The molecule has 2 N–H and O–H groups in total. The minimum absolute atomic E-state index is 0.247. The number of hydrogen-bond acceptors (Lipinski definition) is 9. The summed E-state index contributed by atoms with van der Waals surface area (Å²) < 4.78 is 5.50. The van der Waals surface area contributed by atoms with Gasteiger partial charge in [-0.05, 0) is 24.1 Å². The van der Waals surface area contributed by atoms with E-state index < -0.39 is 5.97 Å². The van der Waals surface area contributed by atoms with Crippen LogP contribution in [0.5, 0.6) is 0 Å². The van der Waals surface area contributed by atoms with Crippen molar-refractivity contribution in [3.8, 4) is 0 Å². The topological polar surface area (TPSA) is 110 Å². The van der Waals surface area contributed by atoms with Crippen LogP contribution in [0.1, 0.15) is 30.0 Å². The van der Waals surface area contributed by atoms with Crippen molar-refractivity contribution in [1.82, 2.24) is 20.2 Å². The molecule has 2 heterocycles. The van der Waals surface area contributed by atoms with Gasteiger partial charge in [-0.25, -0.2) is 9.78 Å². The number of aromatic nitrogens is 4. The lowest BCUT2D eigenvalue weighted by Gasteiger charge is -2.04. The fourth-order valence-corrected chi connectivity index (χ4v) is 3.89. The normalized spacial score (nSPS) is 11.1. The number of benzene rings is 1. The summed E-state index contributed by atoms with van der Waals surface area (Å²) in [6.45, 7) is 5.08. The predicted octanol–water partition coefficient (Wildman–Crippen LogP) is 2.92. The highest BCUT2D eigenvalue weighted by Gasteiger charge is 2.11. The first-order valence-corrected chi connectivity index (χ1v) is 10.1. The van der Waals surface area contributed by atoms with E-state index in [-0.39, 0.29) is 5.56 Å². The molecule has 0 aliphatic heterocycles. The summed E-state index contributed by atoms with van der Waals surface area (Å²) in [7, 11) is 1.31. The molecule has 0 unspecified atom stereocenters. The number of methoxy groups -OCH3 is 1. The van der Waals surface area contributed by atoms with Crippen LogP contribution in [0.3, 0.4) is 0 Å². The van der Waals surface area contributed by atoms with Crippen molar-refractivity contribution >= 4 is 45.1 Å². The summed E-state index contributed by atoms with van der Waals surface area (Å²) in [5.74, 6) is 0.996. The molecule has 0 aliphatic carbocycles. The van der Waals surface area contributed by atoms with Crippen molar-refractivity contribution in [1.29, 1.82) is 0 Å². The third kappa shape index (κ3) is 4.83. The Morgan fingerprint density at radius 2 is 2.19 bits per heavy atom. The molecule has 10 heteroatoms. The molecule has 142 valence electrons. The van der Waals surface area contributed by atoms with E-state index in [9.17, 15) is 9.59 Å². The number of aromatic amines is 1. The van der Waals surface area contributed by atoms with Crippen molar-refractivity contribution in [3.05, 3.63) is 39.9 Å². The highest BCUT2D eigenvalue weighted by Crippen LogP contribution is 2.27. The molecule has 3 rings (SSSR count). The molecule has 0 saturated carbocycles. The Hall–Kier alpha value is -2.46. The molecule has 0 amide bonds. The van der Waals surface area contributed by atoms with Gasteiger partial charge in [-0.2, -0.15) is 0 Å². The number of fused-ring (bicyclic) bond motifs is 1. The largest absolute Gasteiger partial charge is 0.465 e. The van der Waals surface area contributed by atoms with E-state index in [4.69, 9.17) is 4.74 Å². The molecular weight excluding hydrogens is 386 g/mol. The van der Waals surface area contributed by atoms with Gasteiger partial charge in [0.05, 0.1) is 29.3 Å². The van der Waals surface area contributed by atoms with E-state index in [1.54, 1.807) is 18.2 Å². The van der Waals surface area contributed by atoms with Crippen molar-refractivity contribution in [2.75, 3.05) is 19.0 Å². The van der Waals surface area contributed by atoms with Crippen LogP contribution in [-0.2, 0) is 10.5 Å². The molecule has 0 bridgehead atoms. The number of H-pyrrole nitrogens is 1. The lowest BCUT2D eigenvalue weighted by Crippen LogP contribution is -2.12. The molecule has 2 aromatic heterocycles. The van der Waals surface area contributed by atoms with Crippen molar-refractivity contribution in [2.24, 2.45) is 5.92 Å². The Morgan fingerprint density at radius 3 is 2.93 bits per heavy atom. The Kier molecular flexibility index (Phi) is 6.07. The Balaban J connectivity index is 1.75. The van der Waals surface area contributed by atoms with E-state index in [2.05, 4.69) is 39.3 Å².